The molecule has 0 aliphatic carbocycles. The van der Waals surface area contributed by atoms with E-state index in [2.05, 4.69) is 30.3 Å². The summed E-state index contributed by atoms with van der Waals surface area (Å²) in [6.45, 7) is 2.14. The third kappa shape index (κ3) is 5.15. The van der Waals surface area contributed by atoms with Crippen molar-refractivity contribution in [1.82, 2.24) is 15.0 Å². The summed E-state index contributed by atoms with van der Waals surface area (Å²) in [7, 11) is 1.55. The first-order valence-corrected chi connectivity index (χ1v) is 9.56. The maximum Gasteiger partial charge on any atom is 0.388 e. The van der Waals surface area contributed by atoms with Gasteiger partial charge in [0.1, 0.15) is 5.02 Å². The highest BCUT2D eigenvalue weighted by Crippen LogP contribution is 2.32. The van der Waals surface area contributed by atoms with Gasteiger partial charge in [0.15, 0.2) is 0 Å². The van der Waals surface area contributed by atoms with Crippen LogP contribution in [-0.4, -0.2) is 34.7 Å². The largest absolute Gasteiger partial charge is 0.415 e. The number of anilines is 2. The zero-order chi connectivity index (χ0) is 22.7. The number of amides is 2. The molecule has 2 N–H and O–H groups in total. The van der Waals surface area contributed by atoms with Crippen LogP contribution in [0.4, 0.5) is 25.0 Å². The molecule has 1 atom stereocenters. The third-order valence-corrected chi connectivity index (χ3v) is 4.75. The number of alkyl halides is 2. The average molecular weight is 452 g/mol. The highest BCUT2D eigenvalue weighted by Gasteiger charge is 2.19. The lowest BCUT2D eigenvalue weighted by atomic mass is 10.1. The number of urea groups is 1. The number of nitrogens with one attached hydrogen (secondary N) is 2. The van der Waals surface area contributed by atoms with Crippen molar-refractivity contribution in [2.75, 3.05) is 17.7 Å². The number of aryl methyl sites for hydroxylation is 2. The van der Waals surface area contributed by atoms with Gasteiger partial charge in [-0.2, -0.15) is 8.78 Å². The molecule has 3 rings (SSSR count). The molecule has 0 aromatic carbocycles. The number of halogens is 3. The van der Waals surface area contributed by atoms with Crippen molar-refractivity contribution >= 4 is 40.0 Å². The molecule has 0 fully saturated rings. The summed E-state index contributed by atoms with van der Waals surface area (Å²) in [5.41, 5.74) is 3.62. The zero-order valence-electron chi connectivity index (χ0n) is 17.2. The Morgan fingerprint density at radius 3 is 2.55 bits per heavy atom. The number of fused-ring (bicyclic) bond motifs is 1. The summed E-state index contributed by atoms with van der Waals surface area (Å²) in [6.07, 6.45) is 1.14. The monoisotopic (exact) mass is 451 g/mol. The summed E-state index contributed by atoms with van der Waals surface area (Å²) < 4.78 is 34.6. The van der Waals surface area contributed by atoms with Gasteiger partial charge in [0.2, 0.25) is 5.88 Å². The van der Waals surface area contributed by atoms with Gasteiger partial charge in [-0.3, -0.25) is 9.97 Å². The Hall–Kier alpha value is -3.11. The molecule has 164 valence electrons. The van der Waals surface area contributed by atoms with Crippen LogP contribution in [0, 0.1) is 13.8 Å². The molecule has 8 nitrogen and oxygen atoms in total. The fourth-order valence-corrected chi connectivity index (χ4v) is 3.14. The Morgan fingerprint density at radius 1 is 1.16 bits per heavy atom. The molecule has 0 spiro atoms. The number of rotatable bonds is 6. The van der Waals surface area contributed by atoms with E-state index in [4.69, 9.17) is 16.3 Å². The molecule has 0 saturated carbocycles. The van der Waals surface area contributed by atoms with Crippen LogP contribution in [0.2, 0.25) is 5.02 Å². The van der Waals surface area contributed by atoms with Crippen molar-refractivity contribution < 1.29 is 23.0 Å². The van der Waals surface area contributed by atoms with Crippen LogP contribution in [0.3, 0.4) is 0 Å². The minimum atomic E-state index is -3.06. The second kappa shape index (κ2) is 9.36. The summed E-state index contributed by atoms with van der Waals surface area (Å²) >= 11 is 5.93. The Morgan fingerprint density at radius 2 is 1.87 bits per heavy atom. The minimum absolute atomic E-state index is 0.165. The van der Waals surface area contributed by atoms with Crippen LogP contribution in [0.5, 0.6) is 5.88 Å². The molecule has 0 bridgehead atoms. The minimum Gasteiger partial charge on any atom is -0.415 e. The van der Waals surface area contributed by atoms with Crippen LogP contribution >= 0.6 is 11.6 Å². The third-order valence-electron chi connectivity index (χ3n) is 4.48. The number of aromatic nitrogens is 3. The molecule has 3 aromatic heterocycles. The van der Waals surface area contributed by atoms with E-state index in [1.54, 1.807) is 7.11 Å². The van der Waals surface area contributed by atoms with Crippen LogP contribution in [-0.2, 0) is 4.74 Å². The van der Waals surface area contributed by atoms with Crippen LogP contribution in [0.15, 0.2) is 24.4 Å². The Labute approximate surface area is 182 Å². The fourth-order valence-electron chi connectivity index (χ4n) is 2.94. The Balaban J connectivity index is 1.89. The molecule has 0 radical (unpaired) electrons. The maximum atomic E-state index is 12.6. The van der Waals surface area contributed by atoms with Crippen molar-refractivity contribution in [3.8, 4) is 5.88 Å². The molecule has 0 aliphatic rings. The molecule has 0 aliphatic heterocycles. The van der Waals surface area contributed by atoms with Gasteiger partial charge in [-0.15, -0.1) is 0 Å². The van der Waals surface area contributed by atoms with Gasteiger partial charge < -0.3 is 20.1 Å². The fraction of sp³-hybridized carbons (Fsp3) is 0.300. The maximum absolute atomic E-state index is 12.6. The first kappa shape index (κ1) is 22.6. The van der Waals surface area contributed by atoms with Gasteiger partial charge in [0.25, 0.3) is 0 Å². The second-order valence-corrected chi connectivity index (χ2v) is 7.06. The van der Waals surface area contributed by atoms with Crippen molar-refractivity contribution in [1.29, 1.82) is 0 Å². The Bertz CT molecular complexity index is 1130. The first-order chi connectivity index (χ1) is 14.7. The number of carbonyl (C=O) groups is 1. The van der Waals surface area contributed by atoms with Gasteiger partial charge in [-0.05, 0) is 39.0 Å². The number of carbonyl (C=O) groups excluding carboxylic acids is 1. The zero-order valence-corrected chi connectivity index (χ0v) is 17.9. The molecule has 31 heavy (non-hydrogen) atoms. The average Bonchev–Trinajstić information content (AvgIpc) is 2.70. The van der Waals surface area contributed by atoms with Gasteiger partial charge in [0, 0.05) is 18.4 Å². The number of pyridine rings is 3. The molecule has 2 amide bonds. The lowest BCUT2D eigenvalue weighted by molar-refractivity contribution is -0.0528. The standard InChI is InChI=1S/C20H20ClF2N5O3/c1-9-5-6-13-17(25-9)16(11(3)30-4)15(8-24-13)28-20(29)27-14-7-12(21)18(26-10(14)2)31-19(22)23/h5-8,11,19H,1-4H3,(H2,27,28,29). The molecule has 1 unspecified atom stereocenters. The van der Waals surface area contributed by atoms with E-state index in [1.807, 2.05) is 26.0 Å². The number of methoxy groups -OCH3 is 1. The van der Waals surface area contributed by atoms with Crippen molar-refractivity contribution in [2.45, 2.75) is 33.5 Å². The van der Waals surface area contributed by atoms with Crippen molar-refractivity contribution in [3.63, 3.8) is 0 Å². The molecule has 0 saturated heterocycles. The molecular formula is C20H20ClF2N5O3. The van der Waals surface area contributed by atoms with Crippen molar-refractivity contribution in [3.05, 3.63) is 46.4 Å². The van der Waals surface area contributed by atoms with E-state index in [9.17, 15) is 13.6 Å². The number of ether oxygens (including phenoxy) is 2. The summed E-state index contributed by atoms with van der Waals surface area (Å²) in [6, 6.07) is 4.36. The van der Waals surface area contributed by atoms with E-state index in [0.29, 0.717) is 22.3 Å². The second-order valence-electron chi connectivity index (χ2n) is 6.65. The molecule has 11 heteroatoms. The SMILES string of the molecule is COC(C)c1c(NC(=O)Nc2cc(Cl)c(OC(F)F)nc2C)cnc2ccc(C)nc12. The topological polar surface area (TPSA) is 98.3 Å². The Kier molecular flexibility index (Phi) is 6.81. The smallest absolute Gasteiger partial charge is 0.388 e. The lowest BCUT2D eigenvalue weighted by Gasteiger charge is -2.18. The first-order valence-electron chi connectivity index (χ1n) is 9.18. The summed E-state index contributed by atoms with van der Waals surface area (Å²) in [5, 5.41) is 5.15. The number of nitrogens with zero attached hydrogens (tertiary/aromatic N) is 3. The molecule has 3 heterocycles. The summed E-state index contributed by atoms with van der Waals surface area (Å²) in [5.74, 6) is -0.420. The van der Waals surface area contributed by atoms with E-state index in [0.717, 1.165) is 5.69 Å². The van der Waals surface area contributed by atoms with Gasteiger partial charge in [-0.1, -0.05) is 11.6 Å². The number of hydrogen-bond donors (Lipinski definition) is 2. The quantitative estimate of drug-likeness (QED) is 0.531. The van der Waals surface area contributed by atoms with Crippen molar-refractivity contribution in [2.24, 2.45) is 0 Å². The van der Waals surface area contributed by atoms with E-state index < -0.39 is 18.5 Å². The molecule has 3 aromatic rings. The van der Waals surface area contributed by atoms with Crippen LogP contribution in [0.1, 0.15) is 30.0 Å². The van der Waals surface area contributed by atoms with Crippen LogP contribution in [0.25, 0.3) is 11.0 Å². The predicted molar refractivity (Wildman–Crippen MR) is 113 cm³/mol. The van der Waals surface area contributed by atoms with Gasteiger partial charge in [0.05, 0.1) is 40.4 Å². The lowest BCUT2D eigenvalue weighted by Crippen LogP contribution is -2.22. The van der Waals surface area contributed by atoms with E-state index >= 15 is 0 Å². The van der Waals surface area contributed by atoms with Gasteiger partial charge in [-0.25, -0.2) is 9.78 Å². The predicted octanol–water partition coefficient (Wildman–Crippen LogP) is 5.25. The van der Waals surface area contributed by atoms with E-state index in [-0.39, 0.29) is 22.5 Å². The van der Waals surface area contributed by atoms with Crippen LogP contribution < -0.4 is 15.4 Å². The van der Waals surface area contributed by atoms with E-state index in [1.165, 1.54) is 19.2 Å². The number of hydrogen-bond acceptors (Lipinski definition) is 6. The highest BCUT2D eigenvalue weighted by atomic mass is 35.5. The molecular weight excluding hydrogens is 432 g/mol. The normalized spacial score (nSPS) is 12.1. The van der Waals surface area contributed by atoms with Gasteiger partial charge >= 0.3 is 12.6 Å². The summed E-state index contributed by atoms with van der Waals surface area (Å²) in [4.78, 5) is 25.4. The highest BCUT2D eigenvalue weighted by molar-refractivity contribution is 6.32.